The average molecular weight is 252 g/mol. The average Bonchev–Trinajstić information content (AvgIpc) is 2.77. The molecule has 4 heteroatoms. The number of nitrogens with zero attached hydrogens (tertiary/aromatic N) is 2. The maximum atomic E-state index is 4.45. The predicted octanol–water partition coefficient (Wildman–Crippen LogP) is 2.91. The zero-order valence-electron chi connectivity index (χ0n) is 11.1. The van der Waals surface area contributed by atoms with Crippen LogP contribution in [0.5, 0.6) is 0 Å². The molecular weight excluding hydrogens is 236 g/mol. The van der Waals surface area contributed by atoms with Gasteiger partial charge in [0.05, 0.1) is 0 Å². The van der Waals surface area contributed by atoms with Crippen molar-refractivity contribution in [1.82, 2.24) is 15.3 Å². The zero-order valence-corrected chi connectivity index (χ0v) is 11.1. The molecule has 0 radical (unpaired) electrons. The van der Waals surface area contributed by atoms with Gasteiger partial charge in [-0.1, -0.05) is 18.7 Å². The Morgan fingerprint density at radius 1 is 1.32 bits per heavy atom. The van der Waals surface area contributed by atoms with E-state index in [4.69, 9.17) is 0 Å². The van der Waals surface area contributed by atoms with E-state index in [2.05, 4.69) is 33.2 Å². The molecule has 0 aliphatic carbocycles. The normalized spacial score (nSPS) is 13.1. The molecular formula is C15H16N4. The summed E-state index contributed by atoms with van der Waals surface area (Å²) in [6.07, 6.45) is 1.83. The van der Waals surface area contributed by atoms with E-state index in [1.807, 2.05) is 32.2 Å². The van der Waals surface area contributed by atoms with E-state index in [0.29, 0.717) is 0 Å². The Balaban J connectivity index is 2.03. The summed E-state index contributed by atoms with van der Waals surface area (Å²) in [6.45, 7) is 8.78. The van der Waals surface area contributed by atoms with Crippen molar-refractivity contribution in [2.75, 3.05) is 5.32 Å². The summed E-state index contributed by atoms with van der Waals surface area (Å²) in [5.41, 5.74) is 5.44. The van der Waals surface area contributed by atoms with Crippen LogP contribution in [0, 0.1) is 13.8 Å². The molecule has 0 fully saturated rings. The Morgan fingerprint density at radius 2 is 2.16 bits per heavy atom. The van der Waals surface area contributed by atoms with E-state index in [-0.39, 0.29) is 0 Å². The molecule has 0 saturated carbocycles. The van der Waals surface area contributed by atoms with E-state index < -0.39 is 0 Å². The van der Waals surface area contributed by atoms with Gasteiger partial charge in [-0.2, -0.15) is 0 Å². The summed E-state index contributed by atoms with van der Waals surface area (Å²) >= 11 is 0. The number of anilines is 2. The molecule has 2 N–H and O–H groups in total. The fraction of sp³-hybridized carbons (Fsp3) is 0.200. The molecule has 96 valence electrons. The highest BCUT2D eigenvalue weighted by Gasteiger charge is 2.18. The first-order valence-electron chi connectivity index (χ1n) is 6.27. The third kappa shape index (κ3) is 2.05. The molecule has 0 saturated heterocycles. The first kappa shape index (κ1) is 11.7. The second-order valence-corrected chi connectivity index (χ2v) is 4.75. The molecule has 2 heterocycles. The Hall–Kier alpha value is -2.36. The SMILES string of the molecule is C=C1NCc2cccc(Nc3nc(C)ncc3C)c21. The predicted molar refractivity (Wildman–Crippen MR) is 77.1 cm³/mol. The van der Waals surface area contributed by atoms with Crippen molar-refractivity contribution < 1.29 is 0 Å². The molecule has 0 unspecified atom stereocenters. The molecule has 1 aliphatic heterocycles. The van der Waals surface area contributed by atoms with Crippen LogP contribution in [0.2, 0.25) is 0 Å². The first-order valence-corrected chi connectivity index (χ1v) is 6.27. The lowest BCUT2D eigenvalue weighted by molar-refractivity contribution is 0.946. The summed E-state index contributed by atoms with van der Waals surface area (Å²) in [6, 6.07) is 6.21. The van der Waals surface area contributed by atoms with Crippen LogP contribution < -0.4 is 10.6 Å². The van der Waals surface area contributed by atoms with Crippen molar-refractivity contribution in [3.8, 4) is 0 Å². The Kier molecular flexibility index (Phi) is 2.71. The van der Waals surface area contributed by atoms with Gasteiger partial charge in [0.15, 0.2) is 0 Å². The number of aryl methyl sites for hydroxylation is 2. The maximum absolute atomic E-state index is 4.45. The highest BCUT2D eigenvalue weighted by Crippen LogP contribution is 2.32. The van der Waals surface area contributed by atoms with Gasteiger partial charge in [-0.25, -0.2) is 9.97 Å². The van der Waals surface area contributed by atoms with Crippen molar-refractivity contribution in [2.24, 2.45) is 0 Å². The lowest BCUT2D eigenvalue weighted by Crippen LogP contribution is -2.02. The minimum Gasteiger partial charge on any atom is -0.381 e. The number of aromatic nitrogens is 2. The van der Waals surface area contributed by atoms with Gasteiger partial charge in [0.2, 0.25) is 0 Å². The Bertz CT molecular complexity index is 661. The maximum Gasteiger partial charge on any atom is 0.137 e. The minimum atomic E-state index is 0.762. The lowest BCUT2D eigenvalue weighted by Gasteiger charge is -2.12. The quantitative estimate of drug-likeness (QED) is 0.863. The van der Waals surface area contributed by atoms with Gasteiger partial charge in [0, 0.05) is 35.3 Å². The summed E-state index contributed by atoms with van der Waals surface area (Å²) in [4.78, 5) is 8.63. The van der Waals surface area contributed by atoms with Gasteiger partial charge in [-0.15, -0.1) is 0 Å². The third-order valence-electron chi connectivity index (χ3n) is 3.29. The highest BCUT2D eigenvalue weighted by molar-refractivity contribution is 5.81. The summed E-state index contributed by atoms with van der Waals surface area (Å²) in [7, 11) is 0. The number of nitrogens with one attached hydrogen (secondary N) is 2. The molecule has 4 nitrogen and oxygen atoms in total. The molecule has 19 heavy (non-hydrogen) atoms. The van der Waals surface area contributed by atoms with Crippen molar-refractivity contribution in [3.05, 3.63) is 53.5 Å². The second-order valence-electron chi connectivity index (χ2n) is 4.75. The fourth-order valence-corrected chi connectivity index (χ4v) is 2.28. The number of fused-ring (bicyclic) bond motifs is 1. The van der Waals surface area contributed by atoms with E-state index >= 15 is 0 Å². The van der Waals surface area contributed by atoms with E-state index in [9.17, 15) is 0 Å². The van der Waals surface area contributed by atoms with Gasteiger partial charge in [-0.05, 0) is 25.5 Å². The summed E-state index contributed by atoms with van der Waals surface area (Å²) in [5, 5.41) is 6.66. The minimum absolute atomic E-state index is 0.762. The highest BCUT2D eigenvalue weighted by atomic mass is 15.0. The van der Waals surface area contributed by atoms with E-state index in [0.717, 1.165) is 40.7 Å². The number of rotatable bonds is 2. The van der Waals surface area contributed by atoms with Crippen LogP contribution in [-0.2, 0) is 6.54 Å². The van der Waals surface area contributed by atoms with Crippen LogP contribution in [0.3, 0.4) is 0 Å². The molecule has 1 aliphatic rings. The van der Waals surface area contributed by atoms with Gasteiger partial charge < -0.3 is 10.6 Å². The number of benzene rings is 1. The van der Waals surface area contributed by atoms with Gasteiger partial charge in [-0.3, -0.25) is 0 Å². The van der Waals surface area contributed by atoms with Crippen LogP contribution in [0.15, 0.2) is 31.0 Å². The van der Waals surface area contributed by atoms with Crippen molar-refractivity contribution in [1.29, 1.82) is 0 Å². The van der Waals surface area contributed by atoms with Crippen molar-refractivity contribution in [3.63, 3.8) is 0 Å². The Labute approximate surface area is 112 Å². The molecule has 3 rings (SSSR count). The molecule has 0 bridgehead atoms. The Morgan fingerprint density at radius 3 is 3.00 bits per heavy atom. The van der Waals surface area contributed by atoms with E-state index in [1.54, 1.807) is 0 Å². The first-order chi connectivity index (χ1) is 9.15. The number of hydrogen-bond donors (Lipinski definition) is 2. The van der Waals surface area contributed by atoms with Crippen LogP contribution in [0.25, 0.3) is 5.70 Å². The van der Waals surface area contributed by atoms with Crippen LogP contribution in [0.4, 0.5) is 11.5 Å². The van der Waals surface area contributed by atoms with Gasteiger partial charge in [0.25, 0.3) is 0 Å². The second kappa shape index (κ2) is 4.39. The summed E-state index contributed by atoms with van der Waals surface area (Å²) < 4.78 is 0. The van der Waals surface area contributed by atoms with Crippen LogP contribution >= 0.6 is 0 Å². The molecule has 2 aromatic rings. The fourth-order valence-electron chi connectivity index (χ4n) is 2.28. The molecule has 0 atom stereocenters. The largest absolute Gasteiger partial charge is 0.381 e. The molecule has 1 aromatic carbocycles. The zero-order chi connectivity index (χ0) is 13.4. The van der Waals surface area contributed by atoms with Crippen LogP contribution in [-0.4, -0.2) is 9.97 Å². The smallest absolute Gasteiger partial charge is 0.137 e. The van der Waals surface area contributed by atoms with E-state index in [1.165, 1.54) is 5.56 Å². The van der Waals surface area contributed by atoms with Gasteiger partial charge in [0.1, 0.15) is 11.6 Å². The summed E-state index contributed by atoms with van der Waals surface area (Å²) in [5.74, 6) is 1.61. The van der Waals surface area contributed by atoms with Gasteiger partial charge >= 0.3 is 0 Å². The topological polar surface area (TPSA) is 49.8 Å². The lowest BCUT2D eigenvalue weighted by atomic mass is 10.1. The standard InChI is InChI=1S/C15H16N4/c1-9-7-17-11(3)18-15(9)19-13-6-4-5-12-8-16-10(2)14(12)13/h4-7,16H,2,8H2,1,3H3,(H,17,18,19). The van der Waals surface area contributed by atoms with Crippen LogP contribution in [0.1, 0.15) is 22.5 Å². The van der Waals surface area contributed by atoms with Crippen molar-refractivity contribution >= 4 is 17.2 Å². The van der Waals surface area contributed by atoms with Crippen molar-refractivity contribution in [2.45, 2.75) is 20.4 Å². The number of hydrogen-bond acceptors (Lipinski definition) is 4. The molecule has 0 amide bonds. The molecule has 1 aromatic heterocycles. The molecule has 0 spiro atoms. The monoisotopic (exact) mass is 252 g/mol. The third-order valence-corrected chi connectivity index (χ3v) is 3.29.